The third-order valence-electron chi connectivity index (χ3n) is 3.78. The lowest BCUT2D eigenvalue weighted by atomic mass is 9.98. The van der Waals surface area contributed by atoms with E-state index in [4.69, 9.17) is 11.5 Å². The third kappa shape index (κ3) is 3.71. The Morgan fingerprint density at radius 2 is 1.93 bits per heavy atom. The minimum Gasteiger partial charge on any atom is -0.481 e. The van der Waals surface area contributed by atoms with Crippen molar-refractivity contribution in [2.45, 2.75) is 12.3 Å². The van der Waals surface area contributed by atoms with Gasteiger partial charge in [0.2, 0.25) is 5.95 Å². The number of carboxylic acids is 1. The summed E-state index contributed by atoms with van der Waals surface area (Å²) >= 11 is 0. The van der Waals surface area contributed by atoms with Crippen LogP contribution in [0.25, 0.3) is 11.2 Å². The molecule has 0 radical (unpaired) electrons. The molecule has 0 amide bonds. The van der Waals surface area contributed by atoms with Crippen molar-refractivity contribution in [2.24, 2.45) is 0 Å². The summed E-state index contributed by atoms with van der Waals surface area (Å²) in [4.78, 5) is 43.4. The number of nitrogen functional groups attached to an aromatic ring is 2. The normalized spacial score (nSPS) is 11.9. The standard InChI is InChI=1S/C16H15N7O4/c1-27-15(26)7-2-3-10(19-5-7)9(14(24)25)4-8-6-20-13-11(21-8)12(17)22-16(18)23-13/h2-3,5-6,9H,4H2,1H3,(H,24,25)(H4,17,18,20,22,23). The van der Waals surface area contributed by atoms with E-state index in [0.717, 1.165) is 0 Å². The second-order valence-electron chi connectivity index (χ2n) is 5.56. The summed E-state index contributed by atoms with van der Waals surface area (Å²) < 4.78 is 4.59. The molecule has 3 heterocycles. The molecule has 0 aromatic carbocycles. The Labute approximate surface area is 152 Å². The topological polar surface area (TPSA) is 180 Å². The minimum atomic E-state index is -1.10. The molecule has 3 aromatic heterocycles. The first kappa shape index (κ1) is 17.9. The highest BCUT2D eigenvalue weighted by molar-refractivity contribution is 5.89. The van der Waals surface area contributed by atoms with Gasteiger partial charge in [-0.05, 0) is 12.1 Å². The van der Waals surface area contributed by atoms with Crippen molar-refractivity contribution in [2.75, 3.05) is 18.6 Å². The maximum absolute atomic E-state index is 11.7. The maximum Gasteiger partial charge on any atom is 0.339 e. The smallest absolute Gasteiger partial charge is 0.339 e. The predicted molar refractivity (Wildman–Crippen MR) is 93.6 cm³/mol. The number of carbonyl (C=O) groups is 2. The quantitative estimate of drug-likeness (QED) is 0.522. The number of pyridine rings is 1. The van der Waals surface area contributed by atoms with Crippen LogP contribution < -0.4 is 11.5 Å². The van der Waals surface area contributed by atoms with Gasteiger partial charge in [-0.25, -0.2) is 14.8 Å². The van der Waals surface area contributed by atoms with Gasteiger partial charge in [-0.1, -0.05) is 0 Å². The van der Waals surface area contributed by atoms with Crippen LogP contribution in [0.2, 0.25) is 0 Å². The fourth-order valence-corrected chi connectivity index (χ4v) is 2.46. The molecule has 0 aliphatic heterocycles. The second kappa shape index (κ2) is 7.15. The van der Waals surface area contributed by atoms with Crippen LogP contribution >= 0.6 is 0 Å². The number of aromatic nitrogens is 5. The molecular weight excluding hydrogens is 354 g/mol. The number of fused-ring (bicyclic) bond motifs is 1. The summed E-state index contributed by atoms with van der Waals surface area (Å²) in [6.45, 7) is 0. The van der Waals surface area contributed by atoms with Gasteiger partial charge >= 0.3 is 11.9 Å². The Morgan fingerprint density at radius 1 is 1.15 bits per heavy atom. The molecule has 11 heteroatoms. The van der Waals surface area contributed by atoms with Gasteiger partial charge in [0.05, 0.1) is 30.3 Å². The number of ether oxygens (including phenoxy) is 1. The Kier molecular flexibility index (Phi) is 4.75. The van der Waals surface area contributed by atoms with Gasteiger partial charge in [-0.15, -0.1) is 0 Å². The number of anilines is 2. The van der Waals surface area contributed by atoms with Crippen molar-refractivity contribution in [3.63, 3.8) is 0 Å². The Hall–Kier alpha value is -3.89. The third-order valence-corrected chi connectivity index (χ3v) is 3.78. The molecule has 0 spiro atoms. The van der Waals surface area contributed by atoms with Gasteiger partial charge < -0.3 is 21.3 Å². The van der Waals surface area contributed by atoms with Crippen LogP contribution in [0.1, 0.15) is 27.7 Å². The first-order chi connectivity index (χ1) is 12.9. The molecule has 0 saturated carbocycles. The van der Waals surface area contributed by atoms with E-state index in [0.29, 0.717) is 5.69 Å². The first-order valence-electron chi connectivity index (χ1n) is 7.70. The summed E-state index contributed by atoms with van der Waals surface area (Å²) in [5.74, 6) is -2.63. The largest absolute Gasteiger partial charge is 0.481 e. The number of hydrogen-bond donors (Lipinski definition) is 3. The average molecular weight is 369 g/mol. The second-order valence-corrected chi connectivity index (χ2v) is 5.56. The van der Waals surface area contributed by atoms with Gasteiger partial charge in [-0.2, -0.15) is 9.97 Å². The van der Waals surface area contributed by atoms with Crippen LogP contribution in [-0.2, 0) is 16.0 Å². The molecule has 1 unspecified atom stereocenters. The number of hydrogen-bond acceptors (Lipinski definition) is 10. The zero-order valence-corrected chi connectivity index (χ0v) is 14.2. The molecule has 0 bridgehead atoms. The van der Waals surface area contributed by atoms with E-state index < -0.39 is 17.9 Å². The molecule has 11 nitrogen and oxygen atoms in total. The Balaban J connectivity index is 1.92. The van der Waals surface area contributed by atoms with E-state index in [-0.39, 0.29) is 40.6 Å². The highest BCUT2D eigenvalue weighted by Crippen LogP contribution is 2.21. The monoisotopic (exact) mass is 369 g/mol. The van der Waals surface area contributed by atoms with Crippen molar-refractivity contribution in [1.29, 1.82) is 0 Å². The molecule has 138 valence electrons. The van der Waals surface area contributed by atoms with Crippen molar-refractivity contribution in [3.8, 4) is 0 Å². The molecule has 0 fully saturated rings. The Bertz CT molecular complexity index is 1020. The molecule has 0 saturated heterocycles. The number of methoxy groups -OCH3 is 1. The number of nitrogens with zero attached hydrogens (tertiary/aromatic N) is 5. The van der Waals surface area contributed by atoms with Gasteiger partial charge in [0.15, 0.2) is 17.0 Å². The van der Waals surface area contributed by atoms with E-state index in [9.17, 15) is 14.7 Å². The average Bonchev–Trinajstić information content (AvgIpc) is 2.65. The number of carboxylic acid groups (broad SMARTS) is 1. The summed E-state index contributed by atoms with van der Waals surface area (Å²) in [5.41, 5.74) is 12.6. The van der Waals surface area contributed by atoms with Gasteiger partial charge in [0, 0.05) is 12.6 Å². The SMILES string of the molecule is COC(=O)c1ccc(C(Cc2cnc3nc(N)nc(N)c3n2)C(=O)O)nc1. The van der Waals surface area contributed by atoms with E-state index in [1.54, 1.807) is 0 Å². The fourth-order valence-electron chi connectivity index (χ4n) is 2.46. The highest BCUT2D eigenvalue weighted by Gasteiger charge is 2.23. The molecule has 3 rings (SSSR count). The van der Waals surface area contributed by atoms with E-state index in [1.165, 1.54) is 31.6 Å². The van der Waals surface area contributed by atoms with Crippen LogP contribution in [0.3, 0.4) is 0 Å². The number of nitrogens with two attached hydrogens (primary N) is 2. The number of aliphatic carboxylic acids is 1. The number of esters is 1. The van der Waals surface area contributed by atoms with Gasteiger partial charge in [0.25, 0.3) is 0 Å². The number of rotatable bonds is 5. The van der Waals surface area contributed by atoms with Crippen LogP contribution in [-0.4, -0.2) is 49.1 Å². The molecule has 27 heavy (non-hydrogen) atoms. The van der Waals surface area contributed by atoms with Crippen molar-refractivity contribution in [1.82, 2.24) is 24.9 Å². The summed E-state index contributed by atoms with van der Waals surface area (Å²) in [5, 5.41) is 9.57. The molecule has 3 aromatic rings. The van der Waals surface area contributed by atoms with Crippen LogP contribution in [0.4, 0.5) is 11.8 Å². The Morgan fingerprint density at radius 3 is 2.56 bits per heavy atom. The maximum atomic E-state index is 11.7. The fraction of sp³-hybridized carbons (Fsp3) is 0.188. The molecule has 5 N–H and O–H groups in total. The van der Waals surface area contributed by atoms with Crippen LogP contribution in [0.5, 0.6) is 0 Å². The lowest BCUT2D eigenvalue weighted by molar-refractivity contribution is -0.138. The molecule has 0 aliphatic rings. The zero-order chi connectivity index (χ0) is 19.6. The highest BCUT2D eigenvalue weighted by atomic mass is 16.5. The lowest BCUT2D eigenvalue weighted by Gasteiger charge is -2.12. The predicted octanol–water partition coefficient (Wildman–Crippen LogP) is 0.177. The van der Waals surface area contributed by atoms with Gasteiger partial charge in [-0.3, -0.25) is 9.78 Å². The van der Waals surface area contributed by atoms with Crippen molar-refractivity contribution >= 4 is 34.9 Å². The zero-order valence-electron chi connectivity index (χ0n) is 14.2. The molecular formula is C16H15N7O4. The summed E-state index contributed by atoms with van der Waals surface area (Å²) in [6, 6.07) is 2.91. The lowest BCUT2D eigenvalue weighted by Crippen LogP contribution is -2.17. The molecule has 1 atom stereocenters. The van der Waals surface area contributed by atoms with Crippen molar-refractivity contribution < 1.29 is 19.4 Å². The van der Waals surface area contributed by atoms with E-state index in [1.807, 2.05) is 0 Å². The minimum absolute atomic E-state index is 0.00661. The number of carbonyl (C=O) groups excluding carboxylic acids is 1. The van der Waals surface area contributed by atoms with E-state index in [2.05, 4.69) is 29.7 Å². The summed E-state index contributed by atoms with van der Waals surface area (Å²) in [6.07, 6.45) is 2.66. The van der Waals surface area contributed by atoms with Gasteiger partial charge in [0.1, 0.15) is 5.92 Å². The van der Waals surface area contributed by atoms with Crippen molar-refractivity contribution in [3.05, 3.63) is 41.5 Å². The van der Waals surface area contributed by atoms with Crippen LogP contribution in [0, 0.1) is 0 Å². The first-order valence-corrected chi connectivity index (χ1v) is 7.70. The molecule has 0 aliphatic carbocycles. The van der Waals surface area contributed by atoms with Crippen LogP contribution in [0.15, 0.2) is 24.5 Å². The van der Waals surface area contributed by atoms with E-state index >= 15 is 0 Å². The summed E-state index contributed by atoms with van der Waals surface area (Å²) in [7, 11) is 1.25.